The van der Waals surface area contributed by atoms with Crippen LogP contribution in [0.1, 0.15) is 35.7 Å². The lowest BCUT2D eigenvalue weighted by atomic mass is 10.0. The van der Waals surface area contributed by atoms with Crippen molar-refractivity contribution in [3.05, 3.63) is 57.5 Å². The van der Waals surface area contributed by atoms with Crippen LogP contribution in [-0.4, -0.2) is 31.1 Å². The Labute approximate surface area is 145 Å². The molecule has 1 aromatic carbocycles. The Morgan fingerprint density at radius 2 is 1.96 bits per heavy atom. The molecule has 0 radical (unpaired) electrons. The Kier molecular flexibility index (Phi) is 4.45. The maximum absolute atomic E-state index is 12.3. The molecule has 0 aliphatic carbocycles. The van der Waals surface area contributed by atoms with Crippen molar-refractivity contribution in [3.8, 4) is 5.75 Å². The third-order valence-electron chi connectivity index (χ3n) is 3.86. The molecule has 26 heavy (non-hydrogen) atoms. The van der Waals surface area contributed by atoms with E-state index in [4.69, 9.17) is 0 Å². The average Bonchev–Trinajstić information content (AvgIpc) is 2.92. The largest absolute Gasteiger partial charge is 0.573 e. The molecule has 0 spiro atoms. The van der Waals surface area contributed by atoms with Gasteiger partial charge in [0.15, 0.2) is 5.52 Å². The highest BCUT2D eigenvalue weighted by molar-refractivity contribution is 5.51. The Hall–Kier alpha value is -2.88. The molecule has 2 aromatic heterocycles. The number of nitrogens with zero attached hydrogens (tertiary/aromatic N) is 3. The number of aromatic nitrogens is 4. The maximum atomic E-state index is 12.3. The van der Waals surface area contributed by atoms with Gasteiger partial charge < -0.3 is 14.8 Å². The number of ether oxygens (including phenoxy) is 1. The van der Waals surface area contributed by atoms with E-state index in [0.29, 0.717) is 17.2 Å². The van der Waals surface area contributed by atoms with Crippen molar-refractivity contribution < 1.29 is 23.0 Å². The van der Waals surface area contributed by atoms with Gasteiger partial charge in [-0.05, 0) is 24.6 Å². The number of imidazole rings is 1. The molecule has 0 amide bonds. The number of rotatable bonds is 4. The predicted molar refractivity (Wildman–Crippen MR) is 84.9 cm³/mol. The van der Waals surface area contributed by atoms with Gasteiger partial charge in [-0.3, -0.25) is 4.79 Å². The van der Waals surface area contributed by atoms with E-state index in [2.05, 4.69) is 19.8 Å². The van der Waals surface area contributed by atoms with Crippen molar-refractivity contribution in [2.24, 2.45) is 0 Å². The number of nitrogens with one attached hydrogen (secondary N) is 1. The van der Waals surface area contributed by atoms with Crippen LogP contribution >= 0.6 is 0 Å². The molecule has 138 valence electrons. The number of aliphatic hydroxyl groups excluding tert-OH is 1. The van der Waals surface area contributed by atoms with Gasteiger partial charge in [0.1, 0.15) is 17.4 Å². The van der Waals surface area contributed by atoms with Crippen LogP contribution in [0, 0.1) is 6.92 Å². The fraction of sp³-hybridized carbons (Fsp3) is 0.312. The van der Waals surface area contributed by atoms with Crippen molar-refractivity contribution in [3.63, 3.8) is 0 Å². The maximum Gasteiger partial charge on any atom is 0.573 e. The number of benzene rings is 1. The first-order valence-corrected chi connectivity index (χ1v) is 7.64. The lowest BCUT2D eigenvalue weighted by Crippen LogP contribution is -2.17. The van der Waals surface area contributed by atoms with Crippen molar-refractivity contribution in [2.75, 3.05) is 0 Å². The quantitative estimate of drug-likeness (QED) is 0.737. The van der Waals surface area contributed by atoms with E-state index in [9.17, 15) is 23.1 Å². The normalized spacial score (nSPS) is 13.2. The molecule has 0 saturated carbocycles. The van der Waals surface area contributed by atoms with Gasteiger partial charge in [0, 0.05) is 5.92 Å². The summed E-state index contributed by atoms with van der Waals surface area (Å²) in [5, 5.41) is 13.7. The van der Waals surface area contributed by atoms with Gasteiger partial charge in [0.05, 0.1) is 12.3 Å². The molecule has 10 heteroatoms. The highest BCUT2D eigenvalue weighted by Gasteiger charge is 2.31. The smallest absolute Gasteiger partial charge is 0.406 e. The molecule has 0 saturated heterocycles. The molecule has 0 bridgehead atoms. The summed E-state index contributed by atoms with van der Waals surface area (Å²) in [5.41, 5.74) is 0.534. The van der Waals surface area contributed by atoms with Crippen LogP contribution in [0.2, 0.25) is 0 Å². The van der Waals surface area contributed by atoms with Crippen LogP contribution in [0.4, 0.5) is 13.2 Å². The van der Waals surface area contributed by atoms with Gasteiger partial charge in [-0.25, -0.2) is 9.50 Å². The van der Waals surface area contributed by atoms with Gasteiger partial charge in [0.25, 0.3) is 5.56 Å². The van der Waals surface area contributed by atoms with Crippen LogP contribution in [0.3, 0.4) is 0 Å². The second kappa shape index (κ2) is 6.45. The first-order chi connectivity index (χ1) is 12.2. The third kappa shape index (κ3) is 3.40. The summed E-state index contributed by atoms with van der Waals surface area (Å²) < 4.78 is 42.0. The minimum absolute atomic E-state index is 0.136. The van der Waals surface area contributed by atoms with E-state index in [1.165, 1.54) is 28.8 Å². The van der Waals surface area contributed by atoms with E-state index in [-0.39, 0.29) is 17.0 Å². The molecule has 3 rings (SSSR count). The fourth-order valence-corrected chi connectivity index (χ4v) is 2.70. The second-order valence-corrected chi connectivity index (χ2v) is 5.71. The third-order valence-corrected chi connectivity index (χ3v) is 3.86. The van der Waals surface area contributed by atoms with Crippen molar-refractivity contribution in [1.82, 2.24) is 19.6 Å². The molecule has 0 fully saturated rings. The first kappa shape index (κ1) is 17.9. The lowest BCUT2D eigenvalue weighted by Gasteiger charge is -2.13. The predicted octanol–water partition coefficient (Wildman–Crippen LogP) is 2.27. The Morgan fingerprint density at radius 1 is 1.31 bits per heavy atom. The van der Waals surface area contributed by atoms with Crippen molar-refractivity contribution >= 4 is 5.52 Å². The van der Waals surface area contributed by atoms with Crippen molar-refractivity contribution in [1.29, 1.82) is 0 Å². The summed E-state index contributed by atoms with van der Waals surface area (Å²) in [6.45, 7) is 2.94. The molecule has 2 heterocycles. The zero-order valence-electron chi connectivity index (χ0n) is 13.8. The SMILES string of the molecule is Cc1nn2c([C@@H](C)c3ccc(OC(F)(F)F)cc3)nc(CO)c2c(=O)[nH]1. The zero-order valence-corrected chi connectivity index (χ0v) is 13.8. The summed E-state index contributed by atoms with van der Waals surface area (Å²) in [6, 6.07) is 5.36. The molecular weight excluding hydrogens is 353 g/mol. The average molecular weight is 368 g/mol. The molecule has 3 aromatic rings. The van der Waals surface area contributed by atoms with E-state index in [0.717, 1.165) is 0 Å². The standard InChI is InChI=1S/C16H15F3N4O3/c1-8(10-3-5-11(6-4-10)26-16(17,18)19)14-21-12(7-24)13-15(25)20-9(2)22-23(13)14/h3-6,8,24H,7H2,1-2H3,(H,20,22,25)/t8-/m0/s1. The summed E-state index contributed by atoms with van der Waals surface area (Å²) in [4.78, 5) is 19.0. The van der Waals surface area contributed by atoms with Crippen LogP contribution in [0.15, 0.2) is 29.1 Å². The van der Waals surface area contributed by atoms with Gasteiger partial charge in [-0.2, -0.15) is 5.10 Å². The van der Waals surface area contributed by atoms with Crippen LogP contribution in [-0.2, 0) is 6.61 Å². The molecule has 0 aliphatic heterocycles. The number of hydrogen-bond acceptors (Lipinski definition) is 5. The Balaban J connectivity index is 2.02. The Bertz CT molecular complexity index is 993. The number of alkyl halides is 3. The number of aliphatic hydroxyl groups is 1. The molecule has 1 atom stereocenters. The monoisotopic (exact) mass is 368 g/mol. The summed E-state index contributed by atoms with van der Waals surface area (Å²) >= 11 is 0. The van der Waals surface area contributed by atoms with Gasteiger partial charge in [0.2, 0.25) is 0 Å². The molecular formula is C16H15F3N4O3. The minimum atomic E-state index is -4.76. The highest BCUT2D eigenvalue weighted by atomic mass is 19.4. The van der Waals surface area contributed by atoms with Crippen LogP contribution in [0.5, 0.6) is 5.75 Å². The van der Waals surface area contributed by atoms with E-state index >= 15 is 0 Å². The summed E-state index contributed by atoms with van der Waals surface area (Å²) in [5.74, 6) is 0.0360. The number of aromatic amines is 1. The molecule has 2 N–H and O–H groups in total. The number of fused-ring (bicyclic) bond motifs is 1. The zero-order chi connectivity index (χ0) is 19.1. The number of hydrogen-bond donors (Lipinski definition) is 2. The van der Waals surface area contributed by atoms with E-state index < -0.39 is 24.4 Å². The molecule has 7 nitrogen and oxygen atoms in total. The minimum Gasteiger partial charge on any atom is -0.406 e. The molecule has 0 unspecified atom stereocenters. The lowest BCUT2D eigenvalue weighted by molar-refractivity contribution is -0.274. The second-order valence-electron chi connectivity index (χ2n) is 5.71. The van der Waals surface area contributed by atoms with Crippen molar-refractivity contribution in [2.45, 2.75) is 32.7 Å². The van der Waals surface area contributed by atoms with E-state index in [1.807, 2.05) is 0 Å². The molecule has 0 aliphatic rings. The van der Waals surface area contributed by atoms with Gasteiger partial charge in [-0.15, -0.1) is 13.2 Å². The van der Waals surface area contributed by atoms with Crippen LogP contribution < -0.4 is 10.3 Å². The van der Waals surface area contributed by atoms with Gasteiger partial charge in [-0.1, -0.05) is 19.1 Å². The number of H-pyrrole nitrogens is 1. The summed E-state index contributed by atoms with van der Waals surface area (Å²) in [6.07, 6.45) is -4.76. The summed E-state index contributed by atoms with van der Waals surface area (Å²) in [7, 11) is 0. The van der Waals surface area contributed by atoms with Gasteiger partial charge >= 0.3 is 6.36 Å². The highest BCUT2D eigenvalue weighted by Crippen LogP contribution is 2.28. The first-order valence-electron chi connectivity index (χ1n) is 7.64. The topological polar surface area (TPSA) is 92.5 Å². The Morgan fingerprint density at radius 3 is 2.54 bits per heavy atom. The number of aryl methyl sites for hydroxylation is 1. The van der Waals surface area contributed by atoms with Crippen LogP contribution in [0.25, 0.3) is 5.52 Å². The van der Waals surface area contributed by atoms with E-state index in [1.54, 1.807) is 13.8 Å². The number of halogens is 3. The fourth-order valence-electron chi connectivity index (χ4n) is 2.70.